The van der Waals surface area contributed by atoms with Crippen molar-refractivity contribution in [3.8, 4) is 5.75 Å². The van der Waals surface area contributed by atoms with Crippen LogP contribution in [0.1, 0.15) is 64.4 Å². The summed E-state index contributed by atoms with van der Waals surface area (Å²) in [4.78, 5) is 4.23. The maximum absolute atomic E-state index is 10.9. The molecule has 20 heavy (non-hydrogen) atoms. The molecular weight excluding hydrogens is 250 g/mol. The smallest absolute Gasteiger partial charge is 0.137 e. The maximum Gasteiger partial charge on any atom is 0.137 e. The Hall–Kier alpha value is -1.09. The second kappa shape index (κ2) is 7.07. The van der Waals surface area contributed by atoms with Crippen molar-refractivity contribution in [3.05, 3.63) is 24.0 Å². The average Bonchev–Trinajstić information content (AvgIpc) is 2.48. The number of pyridine rings is 1. The highest BCUT2D eigenvalue weighted by molar-refractivity contribution is 5.28. The van der Waals surface area contributed by atoms with Crippen molar-refractivity contribution in [2.24, 2.45) is 5.92 Å². The van der Waals surface area contributed by atoms with Crippen LogP contribution in [0.3, 0.4) is 0 Å². The number of nitrogens with zero attached hydrogens (tertiary/aromatic N) is 1. The molecule has 0 atom stereocenters. The molecule has 112 valence electrons. The van der Waals surface area contributed by atoms with Crippen LogP contribution >= 0.6 is 0 Å². The fraction of sp³-hybridized carbons (Fsp3) is 0.706. The van der Waals surface area contributed by atoms with Crippen LogP contribution in [0.25, 0.3) is 0 Å². The molecule has 0 radical (unpaired) electrons. The van der Waals surface area contributed by atoms with Gasteiger partial charge < -0.3 is 9.84 Å². The minimum atomic E-state index is -0.706. The number of ether oxygens (including phenoxy) is 1. The first kappa shape index (κ1) is 15.3. The Balaban J connectivity index is 2.03. The van der Waals surface area contributed by atoms with E-state index in [1.165, 1.54) is 12.8 Å². The van der Waals surface area contributed by atoms with Gasteiger partial charge in [-0.05, 0) is 44.1 Å². The van der Waals surface area contributed by atoms with Crippen LogP contribution in [0.4, 0.5) is 0 Å². The van der Waals surface area contributed by atoms with E-state index < -0.39 is 5.60 Å². The van der Waals surface area contributed by atoms with Gasteiger partial charge in [-0.15, -0.1) is 0 Å². The molecule has 1 aromatic rings. The Morgan fingerprint density at radius 2 is 2.00 bits per heavy atom. The van der Waals surface area contributed by atoms with Crippen molar-refractivity contribution in [3.63, 3.8) is 0 Å². The lowest BCUT2D eigenvalue weighted by Gasteiger charge is -2.36. The van der Waals surface area contributed by atoms with Crippen LogP contribution in [0.2, 0.25) is 0 Å². The van der Waals surface area contributed by atoms with Crippen molar-refractivity contribution < 1.29 is 9.84 Å². The van der Waals surface area contributed by atoms with E-state index in [-0.39, 0.29) is 0 Å². The van der Waals surface area contributed by atoms with Gasteiger partial charge in [-0.25, -0.2) is 0 Å². The molecule has 3 heteroatoms. The summed E-state index contributed by atoms with van der Waals surface area (Å²) in [6.45, 7) is 5.02. The summed E-state index contributed by atoms with van der Waals surface area (Å²) >= 11 is 0. The Morgan fingerprint density at radius 1 is 1.25 bits per heavy atom. The maximum atomic E-state index is 10.9. The molecule has 2 rings (SSSR count). The lowest BCUT2D eigenvalue weighted by molar-refractivity contribution is -0.0157. The molecule has 0 spiro atoms. The van der Waals surface area contributed by atoms with Gasteiger partial charge in [0.2, 0.25) is 0 Å². The molecule has 1 aliphatic carbocycles. The fourth-order valence-corrected chi connectivity index (χ4v) is 3.11. The highest BCUT2D eigenvalue weighted by Crippen LogP contribution is 2.41. The van der Waals surface area contributed by atoms with Gasteiger partial charge in [-0.3, -0.25) is 4.98 Å². The highest BCUT2D eigenvalue weighted by Gasteiger charge is 2.34. The molecule has 1 fully saturated rings. The van der Waals surface area contributed by atoms with Crippen molar-refractivity contribution >= 4 is 0 Å². The zero-order valence-corrected chi connectivity index (χ0v) is 12.8. The fourth-order valence-electron chi connectivity index (χ4n) is 3.11. The first-order valence-corrected chi connectivity index (χ1v) is 7.98. The van der Waals surface area contributed by atoms with Crippen molar-refractivity contribution in [2.75, 3.05) is 6.61 Å². The zero-order chi connectivity index (χ0) is 14.4. The summed E-state index contributed by atoms with van der Waals surface area (Å²) < 4.78 is 5.62. The molecule has 0 aromatic carbocycles. The van der Waals surface area contributed by atoms with E-state index in [0.717, 1.165) is 49.3 Å². The Kier molecular flexibility index (Phi) is 5.41. The van der Waals surface area contributed by atoms with E-state index in [4.69, 9.17) is 4.74 Å². The Morgan fingerprint density at radius 3 is 2.65 bits per heavy atom. The molecule has 0 aliphatic heterocycles. The largest absolute Gasteiger partial charge is 0.492 e. The first-order chi connectivity index (χ1) is 9.68. The monoisotopic (exact) mass is 277 g/mol. The number of rotatable bonds is 6. The summed E-state index contributed by atoms with van der Waals surface area (Å²) in [6, 6.07) is 1.96. The molecule has 0 bridgehead atoms. The van der Waals surface area contributed by atoms with Crippen LogP contribution in [-0.4, -0.2) is 16.7 Å². The van der Waals surface area contributed by atoms with Gasteiger partial charge in [0.15, 0.2) is 0 Å². The first-order valence-electron chi connectivity index (χ1n) is 7.98. The normalized spacial score (nSPS) is 26.4. The van der Waals surface area contributed by atoms with Crippen LogP contribution < -0.4 is 4.74 Å². The van der Waals surface area contributed by atoms with E-state index in [9.17, 15) is 5.11 Å². The van der Waals surface area contributed by atoms with Crippen LogP contribution in [0.5, 0.6) is 5.75 Å². The van der Waals surface area contributed by atoms with E-state index in [2.05, 4.69) is 18.8 Å². The topological polar surface area (TPSA) is 42.4 Å². The van der Waals surface area contributed by atoms with E-state index in [1.807, 2.05) is 6.07 Å². The number of hydrogen-bond donors (Lipinski definition) is 1. The minimum absolute atomic E-state index is 0.697. The Labute approximate surface area is 122 Å². The van der Waals surface area contributed by atoms with Gasteiger partial charge in [0.05, 0.1) is 18.4 Å². The lowest BCUT2D eigenvalue weighted by atomic mass is 9.74. The predicted octanol–water partition coefficient (Wildman–Crippen LogP) is 4.05. The minimum Gasteiger partial charge on any atom is -0.492 e. The molecule has 1 aliphatic rings. The summed E-state index contributed by atoms with van der Waals surface area (Å²) in [6.07, 6.45) is 10.9. The van der Waals surface area contributed by atoms with Crippen LogP contribution in [0.15, 0.2) is 18.5 Å². The molecule has 0 saturated heterocycles. The van der Waals surface area contributed by atoms with Gasteiger partial charge in [0.1, 0.15) is 5.75 Å². The van der Waals surface area contributed by atoms with Gasteiger partial charge in [-0.1, -0.05) is 26.7 Å². The molecule has 3 nitrogen and oxygen atoms in total. The van der Waals surface area contributed by atoms with E-state index >= 15 is 0 Å². The molecule has 1 heterocycles. The molecule has 0 amide bonds. The van der Waals surface area contributed by atoms with E-state index in [0.29, 0.717) is 6.61 Å². The molecule has 1 aromatic heterocycles. The average molecular weight is 277 g/mol. The molecular formula is C17H27NO2. The van der Waals surface area contributed by atoms with Crippen molar-refractivity contribution in [2.45, 2.75) is 64.4 Å². The van der Waals surface area contributed by atoms with E-state index in [1.54, 1.807) is 12.4 Å². The summed E-state index contributed by atoms with van der Waals surface area (Å²) in [5.41, 5.74) is 0.212. The van der Waals surface area contributed by atoms with Gasteiger partial charge >= 0.3 is 0 Å². The highest BCUT2D eigenvalue weighted by atomic mass is 16.5. The number of aliphatic hydroxyl groups is 1. The quantitative estimate of drug-likeness (QED) is 0.853. The third-order valence-electron chi connectivity index (χ3n) is 4.35. The summed E-state index contributed by atoms with van der Waals surface area (Å²) in [7, 11) is 0. The lowest BCUT2D eigenvalue weighted by Crippen LogP contribution is -2.31. The molecule has 1 saturated carbocycles. The SMILES string of the molecule is CCCOc1cncc(C2(O)CCC(CCC)CC2)c1. The standard InChI is InChI=1S/C17H27NO2/c1-3-5-14-6-8-17(19,9-7-14)15-11-16(13-18-12-15)20-10-4-2/h11-14,19H,3-10H2,1-2H3. The summed E-state index contributed by atoms with van der Waals surface area (Å²) in [5.74, 6) is 1.56. The third-order valence-corrected chi connectivity index (χ3v) is 4.35. The Bertz CT molecular complexity index is 411. The number of aromatic nitrogens is 1. The van der Waals surface area contributed by atoms with Gasteiger partial charge in [0, 0.05) is 11.8 Å². The third kappa shape index (κ3) is 3.72. The second-order valence-corrected chi connectivity index (χ2v) is 6.02. The predicted molar refractivity (Wildman–Crippen MR) is 80.8 cm³/mol. The second-order valence-electron chi connectivity index (χ2n) is 6.02. The van der Waals surface area contributed by atoms with Crippen LogP contribution in [0, 0.1) is 5.92 Å². The number of hydrogen-bond acceptors (Lipinski definition) is 3. The zero-order valence-electron chi connectivity index (χ0n) is 12.8. The van der Waals surface area contributed by atoms with Gasteiger partial charge in [-0.2, -0.15) is 0 Å². The van der Waals surface area contributed by atoms with Crippen LogP contribution in [-0.2, 0) is 5.60 Å². The van der Waals surface area contributed by atoms with Crippen molar-refractivity contribution in [1.29, 1.82) is 0 Å². The summed E-state index contributed by atoms with van der Waals surface area (Å²) in [5, 5.41) is 10.9. The molecule has 0 unspecified atom stereocenters. The van der Waals surface area contributed by atoms with Crippen molar-refractivity contribution in [1.82, 2.24) is 4.98 Å². The molecule has 1 N–H and O–H groups in total. The van der Waals surface area contributed by atoms with Gasteiger partial charge in [0.25, 0.3) is 0 Å².